The maximum atomic E-state index is 13.2. The molecule has 0 fully saturated rings. The minimum absolute atomic E-state index is 0.283. The van der Waals surface area contributed by atoms with Crippen LogP contribution in [0.5, 0.6) is 0 Å². The number of benzene rings is 3. The lowest BCUT2D eigenvalue weighted by Gasteiger charge is -2.21. The fourth-order valence-corrected chi connectivity index (χ4v) is 4.29. The highest BCUT2D eigenvalue weighted by Gasteiger charge is 2.34. The zero-order valence-corrected chi connectivity index (χ0v) is 18.4. The number of nitrogens with one attached hydrogen (secondary N) is 1. The van der Waals surface area contributed by atoms with Gasteiger partial charge in [0.05, 0.1) is 11.6 Å². The summed E-state index contributed by atoms with van der Waals surface area (Å²) in [6.45, 7) is 0. The van der Waals surface area contributed by atoms with Gasteiger partial charge in [-0.3, -0.25) is 9.59 Å². The van der Waals surface area contributed by atoms with Gasteiger partial charge in [-0.05, 0) is 41.3 Å². The van der Waals surface area contributed by atoms with Gasteiger partial charge in [0, 0.05) is 23.3 Å². The molecule has 3 aromatic carbocycles. The average molecular weight is 457 g/mol. The standard InChI is InChI=1S/C26H21ClN4O2/c27-20-10-6-11-21(15-20)28-25(32)17-26(33)31-23(18-7-2-1-3-8-18)16-24(29-31)30-14-13-19-9-4-5-12-22(19)30/h1-15,23H,16-17H2,(H,28,32)/t23-/m1/s1. The summed E-state index contributed by atoms with van der Waals surface area (Å²) in [5.74, 6) is -0.0207. The van der Waals surface area contributed by atoms with Gasteiger partial charge in [0.1, 0.15) is 12.3 Å². The molecule has 4 aromatic rings. The highest BCUT2D eigenvalue weighted by molar-refractivity contribution is 6.30. The summed E-state index contributed by atoms with van der Waals surface area (Å²) in [4.78, 5) is 25.8. The molecule has 0 spiro atoms. The molecule has 2 heterocycles. The number of hydrogen-bond donors (Lipinski definition) is 1. The fourth-order valence-electron chi connectivity index (χ4n) is 4.10. The molecule has 2 amide bonds. The summed E-state index contributed by atoms with van der Waals surface area (Å²) in [5, 5.41) is 10.5. The number of nitrogens with zero attached hydrogens (tertiary/aromatic N) is 3. The van der Waals surface area contributed by atoms with E-state index in [4.69, 9.17) is 11.6 Å². The van der Waals surface area contributed by atoms with Crippen molar-refractivity contribution in [1.29, 1.82) is 0 Å². The van der Waals surface area contributed by atoms with Gasteiger partial charge in [-0.25, -0.2) is 5.01 Å². The van der Waals surface area contributed by atoms with E-state index >= 15 is 0 Å². The maximum absolute atomic E-state index is 13.2. The van der Waals surface area contributed by atoms with Crippen LogP contribution in [0.15, 0.2) is 96.2 Å². The smallest absolute Gasteiger partial charge is 0.252 e. The lowest BCUT2D eigenvalue weighted by Crippen LogP contribution is -2.30. The second kappa shape index (κ2) is 8.92. The SMILES string of the molecule is O=C(CC(=O)N1N=C(n2ccc3ccccc32)C[C@@H]1c1ccccc1)Nc1cccc(Cl)c1. The number of anilines is 1. The summed E-state index contributed by atoms with van der Waals surface area (Å²) < 4.78 is 2.00. The molecule has 5 rings (SSSR count). The summed E-state index contributed by atoms with van der Waals surface area (Å²) in [6.07, 6.45) is 2.19. The van der Waals surface area contributed by atoms with Crippen LogP contribution in [-0.2, 0) is 9.59 Å². The van der Waals surface area contributed by atoms with Gasteiger partial charge < -0.3 is 9.88 Å². The van der Waals surface area contributed by atoms with Gasteiger partial charge in [0.25, 0.3) is 5.91 Å². The van der Waals surface area contributed by atoms with E-state index in [0.717, 1.165) is 22.3 Å². The molecule has 0 unspecified atom stereocenters. The fraction of sp³-hybridized carbons (Fsp3) is 0.115. The Morgan fingerprint density at radius 1 is 0.970 bits per heavy atom. The first-order valence-corrected chi connectivity index (χ1v) is 11.0. The van der Waals surface area contributed by atoms with Gasteiger partial charge in [0.15, 0.2) is 0 Å². The van der Waals surface area contributed by atoms with E-state index < -0.39 is 5.91 Å². The number of hydrogen-bond acceptors (Lipinski definition) is 3. The van der Waals surface area contributed by atoms with E-state index in [9.17, 15) is 9.59 Å². The Morgan fingerprint density at radius 3 is 2.58 bits per heavy atom. The second-order valence-electron chi connectivity index (χ2n) is 7.86. The van der Waals surface area contributed by atoms with Crippen molar-refractivity contribution in [2.75, 3.05) is 5.32 Å². The first-order chi connectivity index (χ1) is 16.1. The number of halogens is 1. The van der Waals surface area contributed by atoms with Crippen LogP contribution in [0.4, 0.5) is 5.69 Å². The third-order valence-corrected chi connectivity index (χ3v) is 5.87. The molecule has 0 aliphatic carbocycles. The molecule has 6 nitrogen and oxygen atoms in total. The number of amides is 2. The van der Waals surface area contributed by atoms with Crippen LogP contribution in [-0.4, -0.2) is 27.2 Å². The van der Waals surface area contributed by atoms with E-state index in [0.29, 0.717) is 17.1 Å². The van der Waals surface area contributed by atoms with Crippen LogP contribution in [0.3, 0.4) is 0 Å². The first-order valence-electron chi connectivity index (χ1n) is 10.6. The Kier molecular flexibility index (Phi) is 5.67. The predicted molar refractivity (Wildman–Crippen MR) is 130 cm³/mol. The third-order valence-electron chi connectivity index (χ3n) is 5.63. The highest BCUT2D eigenvalue weighted by atomic mass is 35.5. The molecule has 0 saturated carbocycles. The van der Waals surface area contributed by atoms with Crippen LogP contribution in [0, 0.1) is 0 Å². The van der Waals surface area contributed by atoms with Crippen LogP contribution < -0.4 is 5.32 Å². The summed E-state index contributed by atoms with van der Waals surface area (Å²) in [6, 6.07) is 26.4. The van der Waals surface area contributed by atoms with Gasteiger partial charge in [0.2, 0.25) is 5.91 Å². The first kappa shape index (κ1) is 21.0. The normalized spacial score (nSPS) is 15.5. The van der Waals surface area contributed by atoms with Crippen molar-refractivity contribution >= 4 is 45.8 Å². The molecule has 33 heavy (non-hydrogen) atoms. The van der Waals surface area contributed by atoms with Gasteiger partial charge >= 0.3 is 0 Å². The average Bonchev–Trinajstić information content (AvgIpc) is 3.44. The van der Waals surface area contributed by atoms with E-state index in [2.05, 4.69) is 10.4 Å². The zero-order valence-electron chi connectivity index (χ0n) is 17.7. The molecule has 1 atom stereocenters. The number of hydrazone groups is 1. The minimum atomic E-state index is -0.413. The minimum Gasteiger partial charge on any atom is -0.326 e. The highest BCUT2D eigenvalue weighted by Crippen LogP contribution is 2.33. The van der Waals surface area contributed by atoms with Crippen LogP contribution in [0.2, 0.25) is 5.02 Å². The van der Waals surface area contributed by atoms with Crippen molar-refractivity contribution in [3.8, 4) is 0 Å². The Balaban J connectivity index is 1.41. The number of carbonyl (C=O) groups is 2. The van der Waals surface area contributed by atoms with Crippen molar-refractivity contribution < 1.29 is 9.59 Å². The lowest BCUT2D eigenvalue weighted by molar-refractivity contribution is -0.136. The Morgan fingerprint density at radius 2 is 1.76 bits per heavy atom. The molecule has 1 aliphatic heterocycles. The molecule has 1 aromatic heterocycles. The largest absolute Gasteiger partial charge is 0.326 e. The topological polar surface area (TPSA) is 66.7 Å². The monoisotopic (exact) mass is 456 g/mol. The van der Waals surface area contributed by atoms with Gasteiger partial charge in [-0.1, -0.05) is 66.2 Å². The van der Waals surface area contributed by atoms with E-state index in [1.807, 2.05) is 71.4 Å². The molecular weight excluding hydrogens is 436 g/mol. The van der Waals surface area contributed by atoms with Crippen molar-refractivity contribution in [3.05, 3.63) is 102 Å². The summed E-state index contributed by atoms with van der Waals surface area (Å²) in [7, 11) is 0. The molecule has 0 saturated heterocycles. The quantitative estimate of drug-likeness (QED) is 0.414. The molecule has 0 bridgehead atoms. The summed E-state index contributed by atoms with van der Waals surface area (Å²) in [5.41, 5.74) is 2.54. The Labute approximate surface area is 196 Å². The molecule has 164 valence electrons. The number of para-hydroxylation sites is 1. The molecule has 7 heteroatoms. The van der Waals surface area contributed by atoms with Crippen LogP contribution in [0.25, 0.3) is 10.9 Å². The third kappa shape index (κ3) is 4.38. The van der Waals surface area contributed by atoms with E-state index in [1.54, 1.807) is 24.3 Å². The van der Waals surface area contributed by atoms with Crippen LogP contribution >= 0.6 is 11.6 Å². The predicted octanol–water partition coefficient (Wildman–Crippen LogP) is 5.46. The van der Waals surface area contributed by atoms with E-state index in [1.165, 1.54) is 5.01 Å². The Hall–Kier alpha value is -3.90. The number of rotatable bonds is 4. The Bertz CT molecular complexity index is 1360. The van der Waals surface area contributed by atoms with Crippen molar-refractivity contribution in [1.82, 2.24) is 9.58 Å². The van der Waals surface area contributed by atoms with Crippen LogP contribution in [0.1, 0.15) is 24.4 Å². The molecule has 1 N–H and O–H groups in total. The van der Waals surface area contributed by atoms with E-state index in [-0.39, 0.29) is 18.4 Å². The van der Waals surface area contributed by atoms with Gasteiger partial charge in [-0.15, -0.1) is 0 Å². The number of aromatic nitrogens is 1. The van der Waals surface area contributed by atoms with Gasteiger partial charge in [-0.2, -0.15) is 5.10 Å². The van der Waals surface area contributed by atoms with Crippen molar-refractivity contribution in [2.45, 2.75) is 18.9 Å². The number of carbonyl (C=O) groups excluding carboxylic acids is 2. The van der Waals surface area contributed by atoms with Crippen molar-refractivity contribution in [3.63, 3.8) is 0 Å². The summed E-state index contributed by atoms with van der Waals surface area (Å²) >= 11 is 5.98. The van der Waals surface area contributed by atoms with Crippen molar-refractivity contribution in [2.24, 2.45) is 5.10 Å². The second-order valence-corrected chi connectivity index (χ2v) is 8.30. The maximum Gasteiger partial charge on any atom is 0.252 e. The molecule has 0 radical (unpaired) electrons. The number of fused-ring (bicyclic) bond motifs is 1. The lowest BCUT2D eigenvalue weighted by atomic mass is 10.0. The zero-order chi connectivity index (χ0) is 22.8. The molecular formula is C26H21ClN4O2. The molecule has 1 aliphatic rings.